The van der Waals surface area contributed by atoms with E-state index in [9.17, 15) is 4.79 Å². The fraction of sp³-hybridized carbons (Fsp3) is 0.300. The molecule has 0 spiro atoms. The van der Waals surface area contributed by atoms with E-state index in [1.54, 1.807) is 16.8 Å². The smallest absolute Gasteiger partial charge is 0.153 e. The average Bonchev–Trinajstić information content (AvgIpc) is 2.78. The molecule has 2 aromatic heterocycles. The maximum atomic E-state index is 10.8. The Labute approximate surface area is 91.6 Å². The highest BCUT2D eigenvalue weighted by molar-refractivity contribution is 7.07. The third-order valence-electron chi connectivity index (χ3n) is 2.35. The third kappa shape index (κ3) is 1.83. The number of aryl methyl sites for hydroxylation is 1. The van der Waals surface area contributed by atoms with Crippen LogP contribution in [0.1, 0.15) is 27.4 Å². The van der Waals surface area contributed by atoms with E-state index in [2.05, 4.69) is 10.1 Å². The zero-order valence-corrected chi connectivity index (χ0v) is 9.41. The van der Waals surface area contributed by atoms with Gasteiger partial charge in [-0.1, -0.05) is 0 Å². The number of hydrogen-bond acceptors (Lipinski definition) is 4. The summed E-state index contributed by atoms with van der Waals surface area (Å²) in [6.07, 6.45) is 0.856. The lowest BCUT2D eigenvalue weighted by molar-refractivity contribution is 0.112. The molecule has 0 aliphatic heterocycles. The van der Waals surface area contributed by atoms with Gasteiger partial charge < -0.3 is 0 Å². The van der Waals surface area contributed by atoms with Crippen molar-refractivity contribution in [3.63, 3.8) is 0 Å². The number of hydrogen-bond donors (Lipinski definition) is 0. The summed E-state index contributed by atoms with van der Waals surface area (Å²) in [5.41, 5.74) is 5.13. The molecular formula is C10H11N3OS. The molecule has 0 aliphatic rings. The number of carbonyl (C=O) groups excluding carboxylic acids is 1. The summed E-state index contributed by atoms with van der Waals surface area (Å²) in [7, 11) is 0. The van der Waals surface area contributed by atoms with Gasteiger partial charge in [-0.15, -0.1) is 11.3 Å². The minimum absolute atomic E-state index is 0.629. The van der Waals surface area contributed by atoms with E-state index in [4.69, 9.17) is 0 Å². The normalized spacial score (nSPS) is 10.5. The van der Waals surface area contributed by atoms with Crippen LogP contribution in [0.3, 0.4) is 0 Å². The minimum Gasteiger partial charge on any atom is -0.298 e. The number of rotatable bonds is 3. The van der Waals surface area contributed by atoms with Crippen molar-refractivity contribution < 1.29 is 4.79 Å². The maximum absolute atomic E-state index is 10.8. The van der Waals surface area contributed by atoms with E-state index < -0.39 is 0 Å². The molecule has 0 aromatic carbocycles. The van der Waals surface area contributed by atoms with Crippen molar-refractivity contribution in [2.24, 2.45) is 0 Å². The first kappa shape index (κ1) is 10.0. The molecule has 0 unspecified atom stereocenters. The first-order valence-corrected chi connectivity index (χ1v) is 5.53. The maximum Gasteiger partial charge on any atom is 0.153 e. The quantitative estimate of drug-likeness (QED) is 0.743. The largest absolute Gasteiger partial charge is 0.298 e. The van der Waals surface area contributed by atoms with Crippen molar-refractivity contribution in [2.75, 3.05) is 0 Å². The Kier molecular flexibility index (Phi) is 2.64. The first-order chi connectivity index (χ1) is 7.22. The third-order valence-corrected chi connectivity index (χ3v) is 2.99. The van der Waals surface area contributed by atoms with Gasteiger partial charge in [0.25, 0.3) is 0 Å². The molecule has 4 nitrogen and oxygen atoms in total. The summed E-state index contributed by atoms with van der Waals surface area (Å²) in [4.78, 5) is 15.0. The molecule has 0 atom stereocenters. The van der Waals surface area contributed by atoms with Crippen LogP contribution < -0.4 is 0 Å². The number of aromatic nitrogens is 3. The Hall–Kier alpha value is -1.49. The second kappa shape index (κ2) is 3.94. The zero-order valence-electron chi connectivity index (χ0n) is 8.60. The van der Waals surface area contributed by atoms with Gasteiger partial charge in [0, 0.05) is 11.1 Å². The van der Waals surface area contributed by atoms with Gasteiger partial charge in [0.15, 0.2) is 6.29 Å². The van der Waals surface area contributed by atoms with Gasteiger partial charge in [-0.05, 0) is 13.8 Å². The highest BCUT2D eigenvalue weighted by Gasteiger charge is 2.10. The lowest BCUT2D eigenvalue weighted by atomic mass is 10.2. The minimum atomic E-state index is 0.629. The van der Waals surface area contributed by atoms with Crippen LogP contribution in [0.15, 0.2) is 10.9 Å². The van der Waals surface area contributed by atoms with Crippen LogP contribution >= 0.6 is 11.3 Å². The Morgan fingerprint density at radius 1 is 1.53 bits per heavy atom. The Bertz CT molecular complexity index is 473. The van der Waals surface area contributed by atoms with E-state index in [1.807, 2.05) is 23.9 Å². The predicted octanol–water partition coefficient (Wildman–Crippen LogP) is 1.82. The van der Waals surface area contributed by atoms with Gasteiger partial charge in [-0.3, -0.25) is 9.48 Å². The number of thiazole rings is 1. The molecule has 0 fully saturated rings. The summed E-state index contributed by atoms with van der Waals surface area (Å²) in [6.45, 7) is 4.37. The van der Waals surface area contributed by atoms with Crippen molar-refractivity contribution in [3.05, 3.63) is 33.5 Å². The Balaban J connectivity index is 2.33. The SMILES string of the molecule is Cc1nn(Cc2cscn2)c(C)c1C=O. The van der Waals surface area contributed by atoms with Crippen LogP contribution in [0.2, 0.25) is 0 Å². The molecular weight excluding hydrogens is 210 g/mol. The molecule has 78 valence electrons. The van der Waals surface area contributed by atoms with Crippen LogP contribution in [0.4, 0.5) is 0 Å². The van der Waals surface area contributed by atoms with E-state index in [0.717, 1.165) is 23.4 Å². The van der Waals surface area contributed by atoms with E-state index in [0.29, 0.717) is 12.1 Å². The highest BCUT2D eigenvalue weighted by atomic mass is 32.1. The molecule has 15 heavy (non-hydrogen) atoms. The standard InChI is InChI=1S/C10H11N3OS/c1-7-10(4-14)8(2)13(12-7)3-9-5-15-6-11-9/h4-6H,3H2,1-2H3. The molecule has 0 N–H and O–H groups in total. The molecule has 0 amide bonds. The second-order valence-corrected chi connectivity index (χ2v) is 4.06. The van der Waals surface area contributed by atoms with Gasteiger partial charge in [0.1, 0.15) is 0 Å². The summed E-state index contributed by atoms with van der Waals surface area (Å²) in [5, 5.41) is 6.29. The molecule has 0 bridgehead atoms. The summed E-state index contributed by atoms with van der Waals surface area (Å²) in [6, 6.07) is 0. The monoisotopic (exact) mass is 221 g/mol. The molecule has 2 aromatic rings. The zero-order chi connectivity index (χ0) is 10.8. The van der Waals surface area contributed by atoms with Crippen LogP contribution in [0.5, 0.6) is 0 Å². The summed E-state index contributed by atoms with van der Waals surface area (Å²) >= 11 is 1.56. The van der Waals surface area contributed by atoms with Crippen LogP contribution in [0.25, 0.3) is 0 Å². The fourth-order valence-electron chi connectivity index (χ4n) is 1.50. The van der Waals surface area contributed by atoms with Crippen LogP contribution in [0, 0.1) is 13.8 Å². The van der Waals surface area contributed by atoms with E-state index in [-0.39, 0.29) is 0 Å². The van der Waals surface area contributed by atoms with Crippen LogP contribution in [-0.2, 0) is 6.54 Å². The first-order valence-electron chi connectivity index (χ1n) is 4.58. The highest BCUT2D eigenvalue weighted by Crippen LogP contribution is 2.12. The summed E-state index contributed by atoms with van der Waals surface area (Å²) < 4.78 is 1.81. The van der Waals surface area contributed by atoms with Crippen molar-refractivity contribution in [1.29, 1.82) is 0 Å². The van der Waals surface area contributed by atoms with Gasteiger partial charge in [0.2, 0.25) is 0 Å². The topological polar surface area (TPSA) is 47.8 Å². The van der Waals surface area contributed by atoms with Gasteiger partial charge in [0.05, 0.1) is 29.0 Å². The Morgan fingerprint density at radius 3 is 2.87 bits per heavy atom. The fourth-order valence-corrected chi connectivity index (χ4v) is 2.05. The molecule has 5 heteroatoms. The van der Waals surface area contributed by atoms with Gasteiger partial charge >= 0.3 is 0 Å². The van der Waals surface area contributed by atoms with Crippen molar-refractivity contribution in [2.45, 2.75) is 20.4 Å². The molecule has 0 saturated heterocycles. The lowest BCUT2D eigenvalue weighted by Gasteiger charge is -2.00. The van der Waals surface area contributed by atoms with Gasteiger partial charge in [-0.2, -0.15) is 5.10 Å². The van der Waals surface area contributed by atoms with Crippen molar-refractivity contribution in [1.82, 2.24) is 14.8 Å². The summed E-state index contributed by atoms with van der Waals surface area (Å²) in [5.74, 6) is 0. The molecule has 0 aliphatic carbocycles. The van der Waals surface area contributed by atoms with Crippen molar-refractivity contribution >= 4 is 17.6 Å². The van der Waals surface area contributed by atoms with E-state index >= 15 is 0 Å². The lowest BCUT2D eigenvalue weighted by Crippen LogP contribution is -2.04. The second-order valence-electron chi connectivity index (χ2n) is 3.34. The number of aldehydes is 1. The average molecular weight is 221 g/mol. The number of carbonyl (C=O) groups is 1. The Morgan fingerprint density at radius 2 is 2.33 bits per heavy atom. The molecule has 2 heterocycles. The van der Waals surface area contributed by atoms with Crippen LogP contribution in [-0.4, -0.2) is 21.1 Å². The van der Waals surface area contributed by atoms with Gasteiger partial charge in [-0.25, -0.2) is 4.98 Å². The predicted molar refractivity (Wildman–Crippen MR) is 58.3 cm³/mol. The van der Waals surface area contributed by atoms with E-state index in [1.165, 1.54) is 0 Å². The molecule has 0 radical (unpaired) electrons. The molecule has 2 rings (SSSR count). The number of nitrogens with zero attached hydrogens (tertiary/aromatic N) is 3. The molecule has 0 saturated carbocycles. The van der Waals surface area contributed by atoms with Crippen molar-refractivity contribution in [3.8, 4) is 0 Å².